The lowest BCUT2D eigenvalue weighted by Crippen LogP contribution is -2.39. The average molecular weight is 546 g/mol. The highest BCUT2D eigenvalue weighted by molar-refractivity contribution is 8.00. The van der Waals surface area contributed by atoms with Crippen molar-refractivity contribution in [1.29, 1.82) is 0 Å². The topological polar surface area (TPSA) is 97.3 Å². The van der Waals surface area contributed by atoms with Crippen molar-refractivity contribution in [3.05, 3.63) is 83.4 Å². The van der Waals surface area contributed by atoms with Gasteiger partial charge in [-0.15, -0.1) is 0 Å². The second kappa shape index (κ2) is 11.7. The molecule has 1 amide bonds. The van der Waals surface area contributed by atoms with Gasteiger partial charge >= 0.3 is 0 Å². The fraction of sp³-hybridized carbons (Fsp3) is 0.200. The number of hydrazone groups is 1. The highest BCUT2D eigenvalue weighted by atomic mass is 35.5. The molecule has 0 radical (unpaired) electrons. The zero-order valence-corrected chi connectivity index (χ0v) is 21.7. The van der Waals surface area contributed by atoms with Crippen LogP contribution < -0.4 is 19.2 Å². The maximum absolute atomic E-state index is 13.5. The smallest absolute Gasteiger partial charge is 0.264 e. The van der Waals surface area contributed by atoms with Crippen molar-refractivity contribution >= 4 is 51.2 Å². The molecule has 1 fully saturated rings. The molecule has 188 valence electrons. The Bertz CT molecular complexity index is 1350. The Kier molecular flexibility index (Phi) is 8.40. The molecule has 3 aromatic carbocycles. The van der Waals surface area contributed by atoms with Crippen LogP contribution in [0.4, 0.5) is 5.69 Å². The largest absolute Gasteiger partial charge is 0.495 e. The number of halogens is 1. The summed E-state index contributed by atoms with van der Waals surface area (Å²) in [6, 6.07) is 19.7. The fourth-order valence-electron chi connectivity index (χ4n) is 3.36. The number of rotatable bonds is 10. The van der Waals surface area contributed by atoms with Gasteiger partial charge in [0, 0.05) is 16.5 Å². The summed E-state index contributed by atoms with van der Waals surface area (Å²) < 4.78 is 39.1. The van der Waals surface area contributed by atoms with Crippen LogP contribution in [0, 0.1) is 0 Å². The minimum Gasteiger partial charge on any atom is -0.495 e. The van der Waals surface area contributed by atoms with Crippen LogP contribution in [0.1, 0.15) is 5.56 Å². The first-order valence-electron chi connectivity index (χ1n) is 10.9. The number of carbonyl (C=O) groups excluding carboxylic acids is 1. The quantitative estimate of drug-likeness (QED) is 0.303. The highest BCUT2D eigenvalue weighted by Crippen LogP contribution is 2.34. The molecule has 4 rings (SSSR count). The van der Waals surface area contributed by atoms with Gasteiger partial charge in [-0.3, -0.25) is 9.10 Å². The third-order valence-electron chi connectivity index (χ3n) is 5.20. The van der Waals surface area contributed by atoms with E-state index in [4.69, 9.17) is 21.1 Å². The van der Waals surface area contributed by atoms with E-state index in [0.29, 0.717) is 5.02 Å². The van der Waals surface area contributed by atoms with Gasteiger partial charge in [0.25, 0.3) is 15.9 Å². The normalized spacial score (nSPS) is 13.7. The number of anilines is 1. The van der Waals surface area contributed by atoms with Crippen molar-refractivity contribution in [3.63, 3.8) is 0 Å². The molecule has 0 aliphatic carbocycles. The van der Waals surface area contributed by atoms with E-state index in [1.807, 2.05) is 36.0 Å². The SMILES string of the molecule is COc1ccc(Cl)cc1N(CC(=O)N/N=C\c1cccc(OC2CSC2)c1)S(=O)(=O)c1ccccc1. The molecule has 8 nitrogen and oxygen atoms in total. The van der Waals surface area contributed by atoms with Crippen molar-refractivity contribution in [2.24, 2.45) is 5.10 Å². The van der Waals surface area contributed by atoms with Crippen LogP contribution in [0.2, 0.25) is 5.02 Å². The lowest BCUT2D eigenvalue weighted by atomic mass is 10.2. The number of sulfonamides is 1. The maximum Gasteiger partial charge on any atom is 0.264 e. The molecule has 11 heteroatoms. The van der Waals surface area contributed by atoms with Crippen LogP contribution in [0.5, 0.6) is 11.5 Å². The average Bonchev–Trinajstić information content (AvgIpc) is 2.85. The zero-order chi connectivity index (χ0) is 25.5. The van der Waals surface area contributed by atoms with E-state index in [1.54, 1.807) is 30.3 Å². The first kappa shape index (κ1) is 25.9. The lowest BCUT2D eigenvalue weighted by molar-refractivity contribution is -0.119. The van der Waals surface area contributed by atoms with Gasteiger partial charge in [0.15, 0.2) is 0 Å². The number of hydrogen-bond acceptors (Lipinski definition) is 7. The van der Waals surface area contributed by atoms with Crippen LogP contribution in [0.3, 0.4) is 0 Å². The van der Waals surface area contributed by atoms with Crippen molar-refractivity contribution in [2.45, 2.75) is 11.0 Å². The summed E-state index contributed by atoms with van der Waals surface area (Å²) in [5, 5.41) is 4.29. The molecule has 3 aromatic rings. The van der Waals surface area contributed by atoms with Gasteiger partial charge in [-0.1, -0.05) is 41.9 Å². The molecule has 0 bridgehead atoms. The van der Waals surface area contributed by atoms with Gasteiger partial charge in [0.1, 0.15) is 24.1 Å². The van der Waals surface area contributed by atoms with Crippen LogP contribution in [-0.2, 0) is 14.8 Å². The Morgan fingerprint density at radius 2 is 1.92 bits per heavy atom. The Morgan fingerprint density at radius 1 is 1.14 bits per heavy atom. The fourth-order valence-corrected chi connectivity index (χ4v) is 5.54. The Hall–Kier alpha value is -3.21. The molecule has 1 N–H and O–H groups in total. The molecule has 0 spiro atoms. The number of ether oxygens (including phenoxy) is 2. The standard InChI is InChI=1S/C25H24ClN3O5S2/c1-33-24-11-10-19(26)13-23(24)29(36(31,32)22-8-3-2-4-9-22)15-25(30)28-27-14-18-6-5-7-20(12-18)34-21-16-35-17-21/h2-14,21H,15-17H2,1H3,(H,28,30)/b27-14-. The first-order chi connectivity index (χ1) is 17.4. The van der Waals surface area contributed by atoms with Crippen molar-refractivity contribution < 1.29 is 22.7 Å². The van der Waals surface area contributed by atoms with E-state index in [2.05, 4.69) is 10.5 Å². The predicted octanol–water partition coefficient (Wildman–Crippen LogP) is 4.19. The number of amides is 1. The summed E-state index contributed by atoms with van der Waals surface area (Å²) in [5.41, 5.74) is 3.25. The van der Waals surface area contributed by atoms with E-state index < -0.39 is 22.5 Å². The molecule has 1 heterocycles. The van der Waals surface area contributed by atoms with Gasteiger partial charge in [0.2, 0.25) is 0 Å². The maximum atomic E-state index is 13.5. The van der Waals surface area contributed by atoms with E-state index in [9.17, 15) is 13.2 Å². The van der Waals surface area contributed by atoms with E-state index in [1.165, 1.54) is 31.5 Å². The number of methoxy groups -OCH3 is 1. The Labute approximate surface area is 219 Å². The number of carbonyl (C=O) groups is 1. The summed E-state index contributed by atoms with van der Waals surface area (Å²) in [6.07, 6.45) is 1.68. The van der Waals surface area contributed by atoms with Crippen molar-refractivity contribution in [2.75, 3.05) is 29.5 Å². The minimum absolute atomic E-state index is 0.0185. The number of hydrogen-bond donors (Lipinski definition) is 1. The molecular formula is C25H24ClN3O5S2. The molecule has 0 aromatic heterocycles. The second-order valence-corrected chi connectivity index (χ2v) is 11.2. The van der Waals surface area contributed by atoms with Crippen LogP contribution in [-0.4, -0.2) is 51.8 Å². The third-order valence-corrected chi connectivity index (χ3v) is 8.42. The number of nitrogens with zero attached hydrogens (tertiary/aromatic N) is 2. The van der Waals surface area contributed by atoms with Gasteiger partial charge < -0.3 is 9.47 Å². The third kappa shape index (κ3) is 6.31. The van der Waals surface area contributed by atoms with Gasteiger partial charge in [-0.2, -0.15) is 16.9 Å². The van der Waals surface area contributed by atoms with Crippen molar-refractivity contribution in [1.82, 2.24) is 5.43 Å². The summed E-state index contributed by atoms with van der Waals surface area (Å²) in [6.45, 7) is -0.548. The molecule has 1 aliphatic heterocycles. The minimum atomic E-state index is -4.13. The summed E-state index contributed by atoms with van der Waals surface area (Å²) in [4.78, 5) is 12.8. The Balaban J connectivity index is 1.53. The Morgan fingerprint density at radius 3 is 2.61 bits per heavy atom. The predicted molar refractivity (Wildman–Crippen MR) is 143 cm³/mol. The monoisotopic (exact) mass is 545 g/mol. The first-order valence-corrected chi connectivity index (χ1v) is 13.9. The van der Waals surface area contributed by atoms with E-state index in [0.717, 1.165) is 27.1 Å². The number of nitrogens with one attached hydrogen (secondary N) is 1. The highest BCUT2D eigenvalue weighted by Gasteiger charge is 2.29. The van der Waals surface area contributed by atoms with Gasteiger partial charge in [-0.25, -0.2) is 13.8 Å². The summed E-state index contributed by atoms with van der Waals surface area (Å²) in [5.74, 6) is 2.26. The van der Waals surface area contributed by atoms with Gasteiger partial charge in [0.05, 0.1) is 23.9 Å². The molecule has 0 unspecified atom stereocenters. The van der Waals surface area contributed by atoms with Crippen LogP contribution in [0.15, 0.2) is 82.8 Å². The van der Waals surface area contributed by atoms with Crippen molar-refractivity contribution in [3.8, 4) is 11.5 Å². The van der Waals surface area contributed by atoms with Gasteiger partial charge in [-0.05, 0) is 48.0 Å². The summed E-state index contributed by atoms with van der Waals surface area (Å²) >= 11 is 7.98. The van der Waals surface area contributed by atoms with E-state index >= 15 is 0 Å². The number of benzene rings is 3. The van der Waals surface area contributed by atoms with E-state index in [-0.39, 0.29) is 22.4 Å². The molecule has 0 saturated carbocycles. The molecule has 36 heavy (non-hydrogen) atoms. The molecule has 1 saturated heterocycles. The van der Waals surface area contributed by atoms with Crippen LogP contribution in [0.25, 0.3) is 0 Å². The second-order valence-electron chi connectivity index (χ2n) is 7.78. The van der Waals surface area contributed by atoms with Crippen LogP contribution >= 0.6 is 23.4 Å². The summed E-state index contributed by atoms with van der Waals surface area (Å²) in [7, 11) is -2.72. The lowest BCUT2D eigenvalue weighted by Gasteiger charge is -2.25. The molecule has 0 atom stereocenters. The zero-order valence-electron chi connectivity index (χ0n) is 19.3. The molecular weight excluding hydrogens is 522 g/mol. The number of thioether (sulfide) groups is 1. The molecule has 1 aliphatic rings.